The first kappa shape index (κ1) is 13.4. The van der Waals surface area contributed by atoms with Crippen LogP contribution in [-0.2, 0) is 0 Å². The molecule has 0 atom stereocenters. The largest absolute Gasteiger partial charge is 0.478 e. The van der Waals surface area contributed by atoms with Gasteiger partial charge in [-0.1, -0.05) is 12.1 Å². The summed E-state index contributed by atoms with van der Waals surface area (Å²) in [5.41, 5.74) is 11.5. The summed E-state index contributed by atoms with van der Waals surface area (Å²) in [6.07, 6.45) is 3.13. The molecule has 5 N–H and O–H groups in total. The van der Waals surface area contributed by atoms with Crippen LogP contribution in [0.4, 0.5) is 15.8 Å². The summed E-state index contributed by atoms with van der Waals surface area (Å²) in [5.74, 6) is -1.94. The number of halogens is 1. The fourth-order valence-corrected chi connectivity index (χ4v) is 1.05. The van der Waals surface area contributed by atoms with Crippen molar-refractivity contribution < 1.29 is 14.3 Å². The van der Waals surface area contributed by atoms with Gasteiger partial charge in [-0.05, 0) is 18.2 Å². The Kier molecular flexibility index (Phi) is 4.62. The summed E-state index contributed by atoms with van der Waals surface area (Å²) in [4.78, 5) is 13.9. The molecule has 6 heteroatoms. The minimum absolute atomic E-state index is 0.289. The molecule has 0 aliphatic heterocycles. The van der Waals surface area contributed by atoms with E-state index in [9.17, 15) is 9.18 Å². The molecule has 0 bridgehead atoms. The molecule has 1 aromatic heterocycles. The average Bonchev–Trinajstić information content (AvgIpc) is 2.34. The Labute approximate surface area is 103 Å². The number of carboxylic acid groups (broad SMARTS) is 1. The third-order valence-corrected chi connectivity index (χ3v) is 1.99. The molecule has 0 saturated carbocycles. The quantitative estimate of drug-likeness (QED) is 0.714. The van der Waals surface area contributed by atoms with Crippen molar-refractivity contribution in [1.82, 2.24) is 4.98 Å². The van der Waals surface area contributed by atoms with Crippen LogP contribution in [0, 0.1) is 5.82 Å². The summed E-state index contributed by atoms with van der Waals surface area (Å²) in [7, 11) is 0. The Morgan fingerprint density at radius 3 is 2.22 bits per heavy atom. The normalized spacial score (nSPS) is 9.17. The van der Waals surface area contributed by atoms with Gasteiger partial charge in [-0.25, -0.2) is 9.18 Å². The van der Waals surface area contributed by atoms with Crippen LogP contribution in [-0.4, -0.2) is 16.1 Å². The molecule has 1 aromatic carbocycles. The summed E-state index contributed by atoms with van der Waals surface area (Å²) in [6, 6.07) is 6.92. The van der Waals surface area contributed by atoms with E-state index in [1.807, 2.05) is 0 Å². The van der Waals surface area contributed by atoms with Crippen LogP contribution in [0.2, 0.25) is 0 Å². The van der Waals surface area contributed by atoms with Crippen molar-refractivity contribution in [2.75, 3.05) is 11.5 Å². The van der Waals surface area contributed by atoms with Crippen LogP contribution in [0.15, 0.2) is 42.7 Å². The lowest BCUT2D eigenvalue weighted by molar-refractivity contribution is 0.0692. The van der Waals surface area contributed by atoms with E-state index in [0.717, 1.165) is 6.07 Å². The van der Waals surface area contributed by atoms with Gasteiger partial charge >= 0.3 is 5.97 Å². The fourth-order valence-electron chi connectivity index (χ4n) is 1.05. The zero-order valence-corrected chi connectivity index (χ0v) is 9.38. The van der Waals surface area contributed by atoms with Gasteiger partial charge < -0.3 is 16.6 Å². The van der Waals surface area contributed by atoms with Crippen LogP contribution in [0.1, 0.15) is 10.4 Å². The second kappa shape index (κ2) is 6.19. The number of benzene rings is 1. The molecular weight excluding hydrogens is 237 g/mol. The van der Waals surface area contributed by atoms with Crippen LogP contribution in [0.5, 0.6) is 0 Å². The fraction of sp³-hybridized carbons (Fsp3) is 0. The SMILES string of the molecule is Nc1ccncc1N.O=C(O)c1ccccc1F. The van der Waals surface area contributed by atoms with Crippen LogP contribution < -0.4 is 11.5 Å². The van der Waals surface area contributed by atoms with E-state index in [2.05, 4.69) is 4.98 Å². The van der Waals surface area contributed by atoms with E-state index < -0.39 is 11.8 Å². The van der Waals surface area contributed by atoms with Gasteiger partial charge in [0.1, 0.15) is 5.82 Å². The van der Waals surface area contributed by atoms with Crippen LogP contribution >= 0.6 is 0 Å². The first-order valence-corrected chi connectivity index (χ1v) is 4.95. The lowest BCUT2D eigenvalue weighted by Gasteiger charge is -1.93. The third-order valence-electron chi connectivity index (χ3n) is 1.99. The second-order valence-electron chi connectivity index (χ2n) is 3.29. The molecule has 18 heavy (non-hydrogen) atoms. The summed E-state index contributed by atoms with van der Waals surface area (Å²) in [5, 5.41) is 8.33. The second-order valence-corrected chi connectivity index (χ2v) is 3.29. The first-order chi connectivity index (χ1) is 8.52. The summed E-state index contributed by atoms with van der Waals surface area (Å²) < 4.78 is 12.5. The van der Waals surface area contributed by atoms with E-state index >= 15 is 0 Å². The highest BCUT2D eigenvalue weighted by molar-refractivity contribution is 5.87. The van der Waals surface area contributed by atoms with E-state index in [1.165, 1.54) is 24.4 Å². The molecule has 0 unspecified atom stereocenters. The molecule has 1 heterocycles. The Morgan fingerprint density at radius 2 is 1.83 bits per heavy atom. The number of hydrogen-bond donors (Lipinski definition) is 3. The number of nitrogens with two attached hydrogens (primary N) is 2. The third kappa shape index (κ3) is 3.75. The number of aromatic nitrogens is 1. The monoisotopic (exact) mass is 249 g/mol. The lowest BCUT2D eigenvalue weighted by Crippen LogP contribution is -1.98. The topological polar surface area (TPSA) is 102 Å². The van der Waals surface area contributed by atoms with Gasteiger partial charge in [-0.3, -0.25) is 4.98 Å². The molecule has 0 saturated heterocycles. The van der Waals surface area contributed by atoms with E-state index in [1.54, 1.807) is 12.3 Å². The maximum atomic E-state index is 12.5. The smallest absolute Gasteiger partial charge is 0.338 e. The van der Waals surface area contributed by atoms with Gasteiger partial charge in [0.05, 0.1) is 23.1 Å². The van der Waals surface area contributed by atoms with Crippen LogP contribution in [0.3, 0.4) is 0 Å². The Balaban J connectivity index is 0.000000184. The van der Waals surface area contributed by atoms with Gasteiger partial charge in [-0.15, -0.1) is 0 Å². The predicted molar refractivity (Wildman–Crippen MR) is 66.4 cm³/mol. The molecule has 2 aromatic rings. The van der Waals surface area contributed by atoms with Gasteiger partial charge in [-0.2, -0.15) is 0 Å². The molecule has 0 fully saturated rings. The number of carboxylic acids is 1. The number of carbonyl (C=O) groups is 1. The highest BCUT2D eigenvalue weighted by Crippen LogP contribution is 2.08. The molecule has 0 aliphatic carbocycles. The lowest BCUT2D eigenvalue weighted by atomic mass is 10.2. The molecule has 94 valence electrons. The van der Waals surface area contributed by atoms with Crippen molar-refractivity contribution >= 4 is 17.3 Å². The van der Waals surface area contributed by atoms with Gasteiger partial charge in [0.2, 0.25) is 0 Å². The van der Waals surface area contributed by atoms with Gasteiger partial charge in [0, 0.05) is 6.20 Å². The van der Waals surface area contributed by atoms with E-state index in [4.69, 9.17) is 16.6 Å². The number of nitrogen functional groups attached to an aromatic ring is 2. The van der Waals surface area contributed by atoms with Crippen molar-refractivity contribution in [3.63, 3.8) is 0 Å². The zero-order valence-electron chi connectivity index (χ0n) is 9.38. The Hall–Kier alpha value is -2.63. The maximum Gasteiger partial charge on any atom is 0.338 e. The highest BCUT2D eigenvalue weighted by Gasteiger charge is 2.06. The van der Waals surface area contributed by atoms with Crippen LogP contribution in [0.25, 0.3) is 0 Å². The van der Waals surface area contributed by atoms with Crippen molar-refractivity contribution in [2.45, 2.75) is 0 Å². The van der Waals surface area contributed by atoms with Crippen molar-refractivity contribution in [3.8, 4) is 0 Å². The molecular formula is C12H12FN3O2. The number of pyridine rings is 1. The Bertz CT molecular complexity index is 525. The standard InChI is InChI=1S/C7H5FO2.C5H7N3/c8-6-4-2-1-3-5(6)7(9)10;6-4-1-2-8-3-5(4)7/h1-4H,(H,9,10);1-3H,7H2,(H2,6,8). The molecule has 2 rings (SSSR count). The molecule has 0 radical (unpaired) electrons. The predicted octanol–water partition coefficient (Wildman–Crippen LogP) is 1.77. The van der Waals surface area contributed by atoms with Crippen molar-refractivity contribution in [2.24, 2.45) is 0 Å². The number of hydrogen-bond acceptors (Lipinski definition) is 4. The zero-order chi connectivity index (χ0) is 13.5. The van der Waals surface area contributed by atoms with E-state index in [0.29, 0.717) is 11.4 Å². The Morgan fingerprint density at radius 1 is 1.17 bits per heavy atom. The van der Waals surface area contributed by atoms with Gasteiger partial charge in [0.15, 0.2) is 0 Å². The van der Waals surface area contributed by atoms with Gasteiger partial charge in [0.25, 0.3) is 0 Å². The molecule has 0 aliphatic rings. The number of rotatable bonds is 1. The molecule has 0 spiro atoms. The average molecular weight is 249 g/mol. The number of aromatic carboxylic acids is 1. The maximum absolute atomic E-state index is 12.5. The first-order valence-electron chi connectivity index (χ1n) is 4.95. The summed E-state index contributed by atoms with van der Waals surface area (Å²) in [6.45, 7) is 0. The highest BCUT2D eigenvalue weighted by atomic mass is 19.1. The number of nitrogens with zero attached hydrogens (tertiary/aromatic N) is 1. The molecule has 5 nitrogen and oxygen atoms in total. The summed E-state index contributed by atoms with van der Waals surface area (Å²) >= 11 is 0. The minimum Gasteiger partial charge on any atom is -0.478 e. The minimum atomic E-state index is -1.24. The van der Waals surface area contributed by atoms with E-state index in [-0.39, 0.29) is 5.56 Å². The number of anilines is 2. The van der Waals surface area contributed by atoms with Crippen molar-refractivity contribution in [1.29, 1.82) is 0 Å². The molecule has 0 amide bonds. The van der Waals surface area contributed by atoms with Crippen molar-refractivity contribution in [3.05, 3.63) is 54.1 Å².